The van der Waals surface area contributed by atoms with Crippen molar-refractivity contribution in [1.29, 1.82) is 0 Å². The predicted octanol–water partition coefficient (Wildman–Crippen LogP) is 2.78. The molecule has 0 unspecified atom stereocenters. The fraction of sp³-hybridized carbons (Fsp3) is 0.143. The highest BCUT2D eigenvalue weighted by Crippen LogP contribution is 2.22. The van der Waals surface area contributed by atoms with Crippen LogP contribution in [0.1, 0.15) is 5.56 Å². The van der Waals surface area contributed by atoms with Gasteiger partial charge in [-0.3, -0.25) is 0 Å². The monoisotopic (exact) mass is 213 g/mol. The third kappa shape index (κ3) is 2.41. The molecule has 0 fully saturated rings. The van der Waals surface area contributed by atoms with Gasteiger partial charge in [-0.25, -0.2) is 0 Å². The first-order chi connectivity index (χ1) is 7.79. The third-order valence-corrected chi connectivity index (χ3v) is 2.54. The number of hydrogen-bond acceptors (Lipinski definition) is 2. The van der Waals surface area contributed by atoms with Crippen LogP contribution < -0.4 is 5.32 Å². The summed E-state index contributed by atoms with van der Waals surface area (Å²) in [4.78, 5) is 0. The molecule has 16 heavy (non-hydrogen) atoms. The molecule has 0 heterocycles. The van der Waals surface area contributed by atoms with Crippen LogP contribution in [0.2, 0.25) is 0 Å². The van der Waals surface area contributed by atoms with Gasteiger partial charge < -0.3 is 10.4 Å². The summed E-state index contributed by atoms with van der Waals surface area (Å²) in [6, 6.07) is 15.7. The normalized spacial score (nSPS) is 10.3. The SMILES string of the molecule is CNCc1ccc(-c2ccc(O)cc2)cc1. The Morgan fingerprint density at radius 3 is 1.88 bits per heavy atom. The van der Waals surface area contributed by atoms with E-state index in [0.29, 0.717) is 5.75 Å². The quantitative estimate of drug-likeness (QED) is 0.821. The van der Waals surface area contributed by atoms with Crippen LogP contribution in [0, 0.1) is 0 Å². The second kappa shape index (κ2) is 4.81. The lowest BCUT2D eigenvalue weighted by Crippen LogP contribution is -2.04. The fourth-order valence-corrected chi connectivity index (χ4v) is 1.67. The Morgan fingerprint density at radius 2 is 1.38 bits per heavy atom. The summed E-state index contributed by atoms with van der Waals surface area (Å²) in [7, 11) is 1.94. The van der Waals surface area contributed by atoms with E-state index in [2.05, 4.69) is 29.6 Å². The van der Waals surface area contributed by atoms with Crippen molar-refractivity contribution in [3.05, 3.63) is 54.1 Å². The van der Waals surface area contributed by atoms with Crippen molar-refractivity contribution in [2.45, 2.75) is 6.54 Å². The molecule has 0 aromatic heterocycles. The molecule has 2 heteroatoms. The predicted molar refractivity (Wildman–Crippen MR) is 66.3 cm³/mol. The Kier molecular flexibility index (Phi) is 3.22. The number of benzene rings is 2. The van der Waals surface area contributed by atoms with Gasteiger partial charge in [0, 0.05) is 6.54 Å². The van der Waals surface area contributed by atoms with E-state index in [4.69, 9.17) is 0 Å². The smallest absolute Gasteiger partial charge is 0.115 e. The van der Waals surface area contributed by atoms with Crippen LogP contribution in [0.25, 0.3) is 11.1 Å². The molecule has 2 N–H and O–H groups in total. The fourth-order valence-electron chi connectivity index (χ4n) is 1.67. The molecule has 0 aliphatic carbocycles. The zero-order valence-corrected chi connectivity index (χ0v) is 9.27. The van der Waals surface area contributed by atoms with E-state index >= 15 is 0 Å². The Bertz CT molecular complexity index is 445. The van der Waals surface area contributed by atoms with Crippen molar-refractivity contribution in [2.75, 3.05) is 7.05 Å². The van der Waals surface area contributed by atoms with Gasteiger partial charge in [0.25, 0.3) is 0 Å². The van der Waals surface area contributed by atoms with Crippen molar-refractivity contribution in [3.63, 3.8) is 0 Å². The molecule has 2 nitrogen and oxygen atoms in total. The van der Waals surface area contributed by atoms with E-state index in [1.54, 1.807) is 12.1 Å². The average Bonchev–Trinajstić information content (AvgIpc) is 2.32. The van der Waals surface area contributed by atoms with Crippen LogP contribution in [-0.2, 0) is 6.54 Å². The zero-order valence-electron chi connectivity index (χ0n) is 9.27. The summed E-state index contributed by atoms with van der Waals surface area (Å²) < 4.78 is 0. The highest BCUT2D eigenvalue weighted by Gasteiger charge is 1.97. The standard InChI is InChI=1S/C14H15NO/c1-15-10-11-2-4-12(5-3-11)13-6-8-14(16)9-7-13/h2-9,15-16H,10H2,1H3. The molecule has 0 amide bonds. The molecule has 0 spiro atoms. The first kappa shape index (κ1) is 10.7. The molecular formula is C14H15NO. The summed E-state index contributed by atoms with van der Waals surface area (Å²) in [5, 5.41) is 12.3. The Balaban J connectivity index is 2.24. The maximum absolute atomic E-state index is 9.21. The topological polar surface area (TPSA) is 32.3 Å². The maximum atomic E-state index is 9.21. The molecule has 0 saturated carbocycles. The van der Waals surface area contributed by atoms with Crippen molar-refractivity contribution < 1.29 is 5.11 Å². The van der Waals surface area contributed by atoms with Gasteiger partial charge in [-0.15, -0.1) is 0 Å². The van der Waals surface area contributed by atoms with Gasteiger partial charge in [0.2, 0.25) is 0 Å². The molecule has 2 aromatic rings. The molecule has 0 saturated heterocycles. The number of hydrogen-bond donors (Lipinski definition) is 2. The highest BCUT2D eigenvalue weighted by atomic mass is 16.3. The molecule has 0 radical (unpaired) electrons. The van der Waals surface area contributed by atoms with E-state index < -0.39 is 0 Å². The van der Waals surface area contributed by atoms with Crippen LogP contribution in [0.5, 0.6) is 5.75 Å². The molecule has 0 aliphatic heterocycles. The van der Waals surface area contributed by atoms with Crippen molar-refractivity contribution in [2.24, 2.45) is 0 Å². The van der Waals surface area contributed by atoms with Crippen LogP contribution >= 0.6 is 0 Å². The summed E-state index contributed by atoms with van der Waals surface area (Å²) in [5.74, 6) is 0.301. The van der Waals surface area contributed by atoms with Gasteiger partial charge in [-0.05, 0) is 35.9 Å². The first-order valence-electron chi connectivity index (χ1n) is 5.32. The lowest BCUT2D eigenvalue weighted by Gasteiger charge is -2.04. The number of aromatic hydroxyl groups is 1. The number of phenolic OH excluding ortho intramolecular Hbond substituents is 1. The molecule has 0 aliphatic rings. The van der Waals surface area contributed by atoms with Crippen molar-refractivity contribution in [3.8, 4) is 16.9 Å². The van der Waals surface area contributed by atoms with Gasteiger partial charge in [0.05, 0.1) is 0 Å². The minimum atomic E-state index is 0.301. The summed E-state index contributed by atoms with van der Waals surface area (Å²) in [6.45, 7) is 0.885. The van der Waals surface area contributed by atoms with Crippen LogP contribution in [0.3, 0.4) is 0 Å². The maximum Gasteiger partial charge on any atom is 0.115 e. The Morgan fingerprint density at radius 1 is 0.875 bits per heavy atom. The molecule has 0 bridgehead atoms. The molecule has 2 aromatic carbocycles. The minimum absolute atomic E-state index is 0.301. The van der Waals surface area contributed by atoms with E-state index in [1.165, 1.54) is 11.1 Å². The van der Waals surface area contributed by atoms with Crippen LogP contribution in [-0.4, -0.2) is 12.2 Å². The van der Waals surface area contributed by atoms with E-state index in [-0.39, 0.29) is 0 Å². The van der Waals surface area contributed by atoms with Gasteiger partial charge >= 0.3 is 0 Å². The van der Waals surface area contributed by atoms with Gasteiger partial charge in [0.1, 0.15) is 5.75 Å². The molecule has 82 valence electrons. The molecule has 0 atom stereocenters. The summed E-state index contributed by atoms with van der Waals surface area (Å²) >= 11 is 0. The summed E-state index contributed by atoms with van der Waals surface area (Å²) in [6.07, 6.45) is 0. The number of rotatable bonds is 3. The van der Waals surface area contributed by atoms with Crippen molar-refractivity contribution >= 4 is 0 Å². The van der Waals surface area contributed by atoms with E-state index in [0.717, 1.165) is 12.1 Å². The lowest BCUT2D eigenvalue weighted by atomic mass is 10.0. The van der Waals surface area contributed by atoms with Crippen LogP contribution in [0.4, 0.5) is 0 Å². The van der Waals surface area contributed by atoms with Crippen molar-refractivity contribution in [1.82, 2.24) is 5.32 Å². The van der Waals surface area contributed by atoms with E-state index in [9.17, 15) is 5.11 Å². The lowest BCUT2D eigenvalue weighted by molar-refractivity contribution is 0.475. The number of phenols is 1. The minimum Gasteiger partial charge on any atom is -0.508 e. The Hall–Kier alpha value is -1.80. The van der Waals surface area contributed by atoms with Gasteiger partial charge in [-0.1, -0.05) is 36.4 Å². The first-order valence-corrected chi connectivity index (χ1v) is 5.32. The van der Waals surface area contributed by atoms with Crippen LogP contribution in [0.15, 0.2) is 48.5 Å². The molecule has 2 rings (SSSR count). The highest BCUT2D eigenvalue weighted by molar-refractivity contribution is 5.64. The molecular weight excluding hydrogens is 198 g/mol. The Labute approximate surface area is 95.6 Å². The largest absolute Gasteiger partial charge is 0.508 e. The third-order valence-electron chi connectivity index (χ3n) is 2.54. The number of nitrogens with one attached hydrogen (secondary N) is 1. The zero-order chi connectivity index (χ0) is 11.4. The second-order valence-electron chi connectivity index (χ2n) is 3.77. The average molecular weight is 213 g/mol. The van der Waals surface area contributed by atoms with Gasteiger partial charge in [0.15, 0.2) is 0 Å². The second-order valence-corrected chi connectivity index (χ2v) is 3.77. The summed E-state index contributed by atoms with van der Waals surface area (Å²) in [5.41, 5.74) is 3.55. The van der Waals surface area contributed by atoms with Gasteiger partial charge in [-0.2, -0.15) is 0 Å². The van der Waals surface area contributed by atoms with E-state index in [1.807, 2.05) is 19.2 Å².